The molecule has 184 valence electrons. The highest BCUT2D eigenvalue weighted by Gasteiger charge is 2.26. The molecule has 35 heavy (non-hydrogen) atoms. The van der Waals surface area contributed by atoms with E-state index in [1.54, 1.807) is 36.7 Å². The standard InChI is InChI=1S/C25H28ClN5O3S/c1-34-19-4-8-30(9-5-19)7-2-3-22(33)31-10-6-20-21(14-31)35-25-23(20)24(27-15-28-25)29-17-11-16(26)12-18(32)13-17/h2-3,11-13,15,19,32H,4-10,14H2,1H3,(H,27,28,29)/b3-2+. The third kappa shape index (κ3) is 5.43. The Kier molecular flexibility index (Phi) is 7.19. The summed E-state index contributed by atoms with van der Waals surface area (Å²) in [5.41, 5.74) is 1.83. The number of hydrogen-bond acceptors (Lipinski definition) is 8. The zero-order valence-electron chi connectivity index (χ0n) is 19.5. The first-order valence-corrected chi connectivity index (χ1v) is 12.9. The third-order valence-electron chi connectivity index (χ3n) is 6.59. The van der Waals surface area contributed by atoms with Gasteiger partial charge in [0.25, 0.3) is 0 Å². The highest BCUT2D eigenvalue weighted by atomic mass is 35.5. The Balaban J connectivity index is 1.27. The maximum Gasteiger partial charge on any atom is 0.246 e. The summed E-state index contributed by atoms with van der Waals surface area (Å²) in [6.45, 7) is 3.99. The molecule has 1 fully saturated rings. The molecule has 0 unspecified atom stereocenters. The maximum atomic E-state index is 12.9. The van der Waals surface area contributed by atoms with Gasteiger partial charge in [-0.05, 0) is 37.0 Å². The van der Waals surface area contributed by atoms with Crippen molar-refractivity contribution in [2.24, 2.45) is 0 Å². The van der Waals surface area contributed by atoms with Gasteiger partial charge in [0.1, 0.15) is 22.7 Å². The molecule has 10 heteroatoms. The number of hydrogen-bond donors (Lipinski definition) is 2. The van der Waals surface area contributed by atoms with E-state index in [2.05, 4.69) is 20.2 Å². The smallest absolute Gasteiger partial charge is 0.246 e. The number of aromatic hydroxyl groups is 1. The molecule has 5 rings (SSSR count). The van der Waals surface area contributed by atoms with Crippen LogP contribution in [-0.2, 0) is 22.5 Å². The van der Waals surface area contributed by atoms with Crippen molar-refractivity contribution in [2.45, 2.75) is 31.9 Å². The summed E-state index contributed by atoms with van der Waals surface area (Å²) in [4.78, 5) is 28.0. The van der Waals surface area contributed by atoms with Crippen molar-refractivity contribution in [3.8, 4) is 5.75 Å². The van der Waals surface area contributed by atoms with Gasteiger partial charge in [-0.1, -0.05) is 17.7 Å². The van der Waals surface area contributed by atoms with Crippen LogP contribution < -0.4 is 5.32 Å². The molecule has 2 N–H and O–H groups in total. The van der Waals surface area contributed by atoms with Crippen LogP contribution in [0.3, 0.4) is 0 Å². The van der Waals surface area contributed by atoms with Gasteiger partial charge in [0.2, 0.25) is 5.91 Å². The van der Waals surface area contributed by atoms with E-state index in [1.807, 2.05) is 11.0 Å². The molecule has 0 atom stereocenters. The van der Waals surface area contributed by atoms with Crippen LogP contribution in [0.1, 0.15) is 23.3 Å². The lowest BCUT2D eigenvalue weighted by molar-refractivity contribution is -0.126. The van der Waals surface area contributed by atoms with Crippen molar-refractivity contribution in [2.75, 3.05) is 38.6 Å². The molecule has 1 saturated heterocycles. The third-order valence-corrected chi connectivity index (χ3v) is 7.93. The number of thiophene rings is 1. The summed E-state index contributed by atoms with van der Waals surface area (Å²) in [6, 6.07) is 4.82. The Morgan fingerprint density at radius 3 is 2.89 bits per heavy atom. The lowest BCUT2D eigenvalue weighted by atomic mass is 10.0. The zero-order chi connectivity index (χ0) is 24.4. The second-order valence-corrected chi connectivity index (χ2v) is 10.4. The molecule has 0 aliphatic carbocycles. The molecule has 1 aromatic carbocycles. The molecule has 3 aromatic rings. The molecule has 0 radical (unpaired) electrons. The van der Waals surface area contributed by atoms with E-state index in [4.69, 9.17) is 16.3 Å². The van der Waals surface area contributed by atoms with E-state index in [-0.39, 0.29) is 11.7 Å². The number of ether oxygens (including phenoxy) is 1. The normalized spacial score (nSPS) is 17.3. The monoisotopic (exact) mass is 513 g/mol. The van der Waals surface area contributed by atoms with Gasteiger partial charge >= 0.3 is 0 Å². The molecule has 2 aromatic heterocycles. The number of benzene rings is 1. The summed E-state index contributed by atoms with van der Waals surface area (Å²) in [5, 5.41) is 14.5. The Hall–Kier alpha value is -2.72. The van der Waals surface area contributed by atoms with Gasteiger partial charge in [0.15, 0.2) is 0 Å². The Morgan fingerprint density at radius 2 is 2.11 bits per heavy atom. The SMILES string of the molecule is COC1CCN(C/C=C/C(=O)N2CCc3c(sc4ncnc(Nc5cc(O)cc(Cl)c5)c34)C2)CC1. The molecule has 0 saturated carbocycles. The molecule has 1 amide bonds. The minimum atomic E-state index is 0.0405. The number of carbonyl (C=O) groups is 1. The predicted molar refractivity (Wildman–Crippen MR) is 139 cm³/mol. The Morgan fingerprint density at radius 1 is 1.29 bits per heavy atom. The van der Waals surface area contributed by atoms with Crippen LogP contribution in [0.4, 0.5) is 11.5 Å². The van der Waals surface area contributed by atoms with Gasteiger partial charge < -0.3 is 20.1 Å². The van der Waals surface area contributed by atoms with Crippen LogP contribution in [0.5, 0.6) is 5.75 Å². The number of methoxy groups -OCH3 is 1. The predicted octanol–water partition coefficient (Wildman–Crippen LogP) is 4.35. The van der Waals surface area contributed by atoms with E-state index >= 15 is 0 Å². The van der Waals surface area contributed by atoms with E-state index in [9.17, 15) is 9.90 Å². The fourth-order valence-electron chi connectivity index (χ4n) is 4.73. The second-order valence-electron chi connectivity index (χ2n) is 8.88. The first-order chi connectivity index (χ1) is 17.0. The minimum Gasteiger partial charge on any atom is -0.508 e. The topological polar surface area (TPSA) is 90.8 Å². The number of nitrogens with zero attached hydrogens (tertiary/aromatic N) is 4. The van der Waals surface area contributed by atoms with Gasteiger partial charge in [-0.2, -0.15) is 0 Å². The number of phenols is 1. The van der Waals surface area contributed by atoms with Gasteiger partial charge in [-0.3, -0.25) is 9.69 Å². The number of fused-ring (bicyclic) bond motifs is 3. The number of phenolic OH excluding ortho intramolecular Hbond substituents is 1. The Labute approximate surface area is 213 Å². The maximum absolute atomic E-state index is 12.9. The average Bonchev–Trinajstić information content (AvgIpc) is 3.22. The van der Waals surface area contributed by atoms with Crippen LogP contribution in [0.2, 0.25) is 5.02 Å². The van der Waals surface area contributed by atoms with Crippen molar-refractivity contribution in [3.05, 3.63) is 52.1 Å². The number of nitrogens with one attached hydrogen (secondary N) is 1. The first kappa shape index (κ1) is 24.0. The second kappa shape index (κ2) is 10.5. The lowest BCUT2D eigenvalue weighted by Gasteiger charge is -2.30. The number of carbonyl (C=O) groups excluding carboxylic acids is 1. The summed E-state index contributed by atoms with van der Waals surface area (Å²) in [7, 11) is 1.77. The molecular weight excluding hydrogens is 486 g/mol. The number of likely N-dealkylation sites (tertiary alicyclic amines) is 1. The lowest BCUT2D eigenvalue weighted by Crippen LogP contribution is -2.37. The number of anilines is 2. The molecule has 4 heterocycles. The summed E-state index contributed by atoms with van der Waals surface area (Å²) in [5.74, 6) is 0.795. The van der Waals surface area contributed by atoms with Crippen molar-refractivity contribution < 1.29 is 14.6 Å². The average molecular weight is 514 g/mol. The summed E-state index contributed by atoms with van der Waals surface area (Å²) < 4.78 is 5.43. The molecular formula is C25H28ClN5O3S. The van der Waals surface area contributed by atoms with E-state index in [0.29, 0.717) is 35.7 Å². The highest BCUT2D eigenvalue weighted by Crippen LogP contribution is 2.38. The van der Waals surface area contributed by atoms with E-state index < -0.39 is 0 Å². The molecule has 2 aliphatic heterocycles. The summed E-state index contributed by atoms with van der Waals surface area (Å²) in [6.07, 6.45) is 8.39. The van der Waals surface area contributed by atoms with Crippen LogP contribution in [0.15, 0.2) is 36.7 Å². The summed E-state index contributed by atoms with van der Waals surface area (Å²) >= 11 is 7.68. The molecule has 8 nitrogen and oxygen atoms in total. The number of halogens is 1. The van der Waals surface area contributed by atoms with Crippen LogP contribution >= 0.6 is 22.9 Å². The first-order valence-electron chi connectivity index (χ1n) is 11.7. The van der Waals surface area contributed by atoms with Crippen molar-refractivity contribution in [1.82, 2.24) is 19.8 Å². The largest absolute Gasteiger partial charge is 0.508 e. The van der Waals surface area contributed by atoms with Crippen molar-refractivity contribution in [1.29, 1.82) is 0 Å². The van der Waals surface area contributed by atoms with E-state index in [1.165, 1.54) is 18.0 Å². The minimum absolute atomic E-state index is 0.0405. The van der Waals surface area contributed by atoms with Crippen LogP contribution in [0.25, 0.3) is 10.2 Å². The number of rotatable bonds is 6. The van der Waals surface area contributed by atoms with Gasteiger partial charge in [0.05, 0.1) is 18.0 Å². The van der Waals surface area contributed by atoms with E-state index in [0.717, 1.165) is 54.0 Å². The van der Waals surface area contributed by atoms with Crippen molar-refractivity contribution in [3.63, 3.8) is 0 Å². The Bertz CT molecular complexity index is 1240. The number of amides is 1. The fourth-order valence-corrected chi connectivity index (χ4v) is 6.16. The zero-order valence-corrected chi connectivity index (χ0v) is 21.1. The molecule has 0 spiro atoms. The molecule has 0 bridgehead atoms. The van der Waals surface area contributed by atoms with Gasteiger partial charge in [-0.25, -0.2) is 9.97 Å². The van der Waals surface area contributed by atoms with Crippen LogP contribution in [-0.4, -0.2) is 70.2 Å². The van der Waals surface area contributed by atoms with Crippen molar-refractivity contribution >= 4 is 50.6 Å². The fraction of sp³-hybridized carbons (Fsp3) is 0.400. The number of aromatic nitrogens is 2. The quantitative estimate of drug-likeness (QED) is 0.473. The van der Waals surface area contributed by atoms with Crippen LogP contribution in [0, 0.1) is 0 Å². The van der Waals surface area contributed by atoms with Gasteiger partial charge in [0, 0.05) is 61.0 Å². The highest BCUT2D eigenvalue weighted by molar-refractivity contribution is 7.19. The number of piperidine rings is 1. The molecule has 2 aliphatic rings. The van der Waals surface area contributed by atoms with Gasteiger partial charge in [-0.15, -0.1) is 11.3 Å².